The van der Waals surface area contributed by atoms with Crippen molar-refractivity contribution in [2.45, 2.75) is 325 Å². The maximum absolute atomic E-state index is 2.12. The predicted octanol–water partition coefficient (Wildman–Crippen LogP) is 24.0. The highest BCUT2D eigenvalue weighted by Gasteiger charge is 1.35. The van der Waals surface area contributed by atoms with E-state index >= 15 is 0 Å². The molecule has 0 saturated carbocycles. The lowest BCUT2D eigenvalue weighted by Gasteiger charge is -1.48. The second-order valence-corrected chi connectivity index (χ2v) is 0.707. The Morgan fingerprint density at radius 1 is 0.106 bits per heavy atom. The molecule has 0 nitrogen and oxygen atoms in total. The van der Waals surface area contributed by atoms with E-state index in [1.807, 2.05) is 305 Å². The molecule has 0 spiro atoms. The van der Waals surface area contributed by atoms with Crippen molar-refractivity contribution in [3.8, 4) is 0 Å². The van der Waals surface area contributed by atoms with Gasteiger partial charge in [0.2, 0.25) is 0 Å². The molecule has 47 heavy (non-hydrogen) atoms. The van der Waals surface area contributed by atoms with Crippen LogP contribution in [0.2, 0.25) is 0 Å². The van der Waals surface area contributed by atoms with Crippen LogP contribution in [-0.2, 0) is 0 Å². The lowest BCUT2D eigenvalue weighted by atomic mass is 10.6. The van der Waals surface area contributed by atoms with Gasteiger partial charge in [-0.2, -0.15) is 0 Å². The van der Waals surface area contributed by atoms with Crippen LogP contribution < -0.4 is 0 Å². The maximum Gasteiger partial charge on any atom is -0.0590 e. The lowest BCUT2D eigenvalue weighted by Crippen LogP contribution is -1.27. The van der Waals surface area contributed by atoms with Crippen LogP contribution in [0.1, 0.15) is 325 Å². The third-order valence-corrected chi connectivity index (χ3v) is 0. The Morgan fingerprint density at radius 3 is 0.106 bits per heavy atom. The van der Waals surface area contributed by atoms with Crippen LogP contribution in [0.15, 0.2) is 0 Å². The Morgan fingerprint density at radius 2 is 0.106 bits per heavy atom. The highest BCUT2D eigenvalue weighted by molar-refractivity contribution is 3.92. The second kappa shape index (κ2) is 93200. The molecule has 0 aromatic heterocycles. The summed E-state index contributed by atoms with van der Waals surface area (Å²) >= 11 is 0. The molecule has 0 rings (SSSR count). The van der Waals surface area contributed by atoms with Crippen molar-refractivity contribution in [1.29, 1.82) is 0 Å². The summed E-state index contributed by atoms with van der Waals surface area (Å²) in [6, 6.07) is 0. The Bertz CT molecular complexity index is 0. The molecule has 0 amide bonds. The summed E-state index contributed by atoms with van der Waals surface area (Å²) in [5.74, 6) is 0. The predicted molar refractivity (Wildman–Crippen MR) is 266 cm³/mol. The smallest absolute Gasteiger partial charge is 0.0590 e. The van der Waals surface area contributed by atoms with Crippen LogP contribution >= 0.6 is 0 Å². The average molecular weight is 706 g/mol. The van der Waals surface area contributed by atoms with Gasteiger partial charge in [-0.05, 0) is 0 Å². The first-order valence-corrected chi connectivity index (χ1v) is 23.4. The monoisotopic (exact) mass is 705 g/mol. The van der Waals surface area contributed by atoms with Gasteiger partial charge in [0.05, 0.1) is 0 Å². The van der Waals surface area contributed by atoms with Gasteiger partial charge < -0.3 is 0 Å². The van der Waals surface area contributed by atoms with E-state index in [2.05, 4.69) is 13.8 Å². The molecule has 328 valence electrons. The van der Waals surface area contributed by atoms with Crippen molar-refractivity contribution in [2.24, 2.45) is 0 Å². The van der Waals surface area contributed by atoms with E-state index < -0.39 is 0 Å². The van der Waals surface area contributed by atoms with Gasteiger partial charge in [0.25, 0.3) is 0 Å². The zero-order valence-corrected chi connectivity index (χ0v) is 46.7. The summed E-state index contributed by atoms with van der Waals surface area (Å²) in [5, 5.41) is 0. The molecular weight excluding hydrogens is 565 g/mol. The molecule has 0 aliphatic rings. The quantitative estimate of drug-likeness (QED) is 0.235. The van der Waals surface area contributed by atoms with Crippen molar-refractivity contribution >= 4 is 0 Å². The first-order chi connectivity index (χ1) is 23.4. The molecule has 0 aliphatic carbocycles. The molecule has 0 saturated heterocycles. The molecule has 0 bridgehead atoms. The van der Waals surface area contributed by atoms with E-state index in [1.54, 1.807) is 0 Å². The molecule has 0 fully saturated rings. The summed E-state index contributed by atoms with van der Waals surface area (Å²) in [6.07, 6.45) is 1.25. The van der Waals surface area contributed by atoms with Crippen molar-refractivity contribution in [2.75, 3.05) is 0 Å². The minimum Gasteiger partial charge on any atom is -0.0683 e. The van der Waals surface area contributed by atoms with Crippen molar-refractivity contribution in [3.63, 3.8) is 0 Å². The Hall–Kier alpha value is 0. The van der Waals surface area contributed by atoms with Gasteiger partial charge in [0, 0.05) is 0 Å². The number of hydrogen-bond donors (Lipinski definition) is 0. The highest BCUT2D eigenvalue weighted by atomic mass is 13.4. The van der Waals surface area contributed by atoms with Gasteiger partial charge in [-0.25, -0.2) is 0 Å². The van der Waals surface area contributed by atoms with E-state index in [0.717, 1.165) is 0 Å². The third-order valence-electron chi connectivity index (χ3n) is 0. The zero-order valence-electron chi connectivity index (χ0n) is 46.7. The van der Waals surface area contributed by atoms with E-state index in [4.69, 9.17) is 0 Å². The minimum atomic E-state index is 1.25. The Labute approximate surface area is 324 Å². The first-order valence-electron chi connectivity index (χ1n) is 23.4. The maximum atomic E-state index is 2.12. The van der Waals surface area contributed by atoms with Crippen molar-refractivity contribution in [1.82, 2.24) is 0 Å². The fourth-order valence-corrected chi connectivity index (χ4v) is 0. The molecule has 0 heterocycles. The first kappa shape index (κ1) is 173. The normalized spacial score (nSPS) is 3.19. The van der Waals surface area contributed by atoms with Crippen molar-refractivity contribution < 1.29 is 0 Å². The van der Waals surface area contributed by atoms with E-state index in [9.17, 15) is 0 Å². The summed E-state index contributed by atoms with van der Waals surface area (Å²) in [7, 11) is 0. The molecule has 0 heteroatoms. The van der Waals surface area contributed by atoms with Crippen LogP contribution in [0.3, 0.4) is 0 Å². The fraction of sp³-hybridized carbons (Fsp3) is 1.00. The molecular formula is C47H140. The largest absolute Gasteiger partial charge is 0.0683 e. The van der Waals surface area contributed by atoms with Gasteiger partial charge in [-0.15, -0.1) is 0 Å². The van der Waals surface area contributed by atoms with E-state index in [0.29, 0.717) is 0 Å². The molecule has 0 aliphatic heterocycles. The van der Waals surface area contributed by atoms with Crippen molar-refractivity contribution in [3.05, 3.63) is 0 Å². The standard InChI is InChI=1S/C3H8.22C2H6/c1-3-2;22*1-2/h3H2,1-2H3;22*1-2H3. The fourth-order valence-electron chi connectivity index (χ4n) is 0. The SMILES string of the molecule is CC.CC.CC.CC.CC.CC.CC.CC.CC.CC.CC.CC.CC.CC.CC.CC.CC.CC.CC.CC.CC.CC.CCC. The molecule has 0 aromatic carbocycles. The minimum absolute atomic E-state index is 1.25. The molecule has 0 N–H and O–H groups in total. The van der Waals surface area contributed by atoms with Crippen LogP contribution in [0, 0.1) is 0 Å². The zero-order chi connectivity index (χ0) is 46.7. The van der Waals surface area contributed by atoms with Gasteiger partial charge in [0.1, 0.15) is 0 Å². The van der Waals surface area contributed by atoms with Gasteiger partial charge in [-0.1, -0.05) is 325 Å². The topological polar surface area (TPSA) is 0 Å². The van der Waals surface area contributed by atoms with Crippen LogP contribution in [0.4, 0.5) is 0 Å². The second-order valence-electron chi connectivity index (χ2n) is 0.707. The van der Waals surface area contributed by atoms with Crippen LogP contribution in [0.25, 0.3) is 0 Å². The van der Waals surface area contributed by atoms with Crippen LogP contribution in [-0.4, -0.2) is 0 Å². The van der Waals surface area contributed by atoms with Crippen LogP contribution in [0.5, 0.6) is 0 Å². The highest BCUT2D eigenvalue weighted by Crippen LogP contribution is 1.56. The third kappa shape index (κ3) is 0. The van der Waals surface area contributed by atoms with Gasteiger partial charge >= 0.3 is 0 Å². The molecule has 0 radical (unpaired) electrons. The Balaban J connectivity index is -0.00000000611. The van der Waals surface area contributed by atoms with E-state index in [-0.39, 0.29) is 0 Å². The summed E-state index contributed by atoms with van der Waals surface area (Å²) < 4.78 is 0. The van der Waals surface area contributed by atoms with E-state index in [1.165, 1.54) is 6.42 Å². The molecule has 0 atom stereocenters. The summed E-state index contributed by atoms with van der Waals surface area (Å²) in [4.78, 5) is 0. The van der Waals surface area contributed by atoms with Gasteiger partial charge in [0.15, 0.2) is 0 Å². The average Bonchev–Trinajstić information content (AvgIpc) is 3.31. The summed E-state index contributed by atoms with van der Waals surface area (Å²) in [6.45, 7) is 92.2. The Kier molecular flexibility index (Phi) is 342000. The summed E-state index contributed by atoms with van der Waals surface area (Å²) in [5.41, 5.74) is 0. The van der Waals surface area contributed by atoms with Gasteiger partial charge in [-0.3, -0.25) is 0 Å². The lowest BCUT2D eigenvalue weighted by molar-refractivity contribution is 1.09. The number of rotatable bonds is 0. The number of hydrogen-bond acceptors (Lipinski definition) is 0. The molecule has 0 aromatic rings. The molecule has 0 unspecified atom stereocenters.